The third-order valence-electron chi connectivity index (χ3n) is 6.05. The predicted molar refractivity (Wildman–Crippen MR) is 135 cm³/mol. The number of nitrogens with one attached hydrogen (secondary N) is 2. The third-order valence-corrected chi connectivity index (χ3v) is 6.88. The molecule has 3 aromatic rings. The van der Waals surface area contributed by atoms with Crippen molar-refractivity contribution in [1.29, 1.82) is 0 Å². The molecule has 0 spiro atoms. The summed E-state index contributed by atoms with van der Waals surface area (Å²) >= 11 is 1.41. The van der Waals surface area contributed by atoms with Crippen LogP contribution in [0.25, 0.3) is 0 Å². The highest BCUT2D eigenvalue weighted by molar-refractivity contribution is 7.09. The van der Waals surface area contributed by atoms with Crippen molar-refractivity contribution in [2.24, 2.45) is 0 Å². The summed E-state index contributed by atoms with van der Waals surface area (Å²) in [5.74, 6) is 0.481. The zero-order chi connectivity index (χ0) is 24.1. The van der Waals surface area contributed by atoms with Gasteiger partial charge in [0.2, 0.25) is 0 Å². The zero-order valence-electron chi connectivity index (χ0n) is 19.9. The fraction of sp³-hybridized carbons (Fsp3) is 0.370. The minimum atomic E-state index is -0.213. The SMILES string of the molecule is Cc1ccc(C(=O)N[C@H]2CCCC[C@@H]2NC(=O)c2csc(COc3cc(C)cc(C)c3)n2)cc1. The van der Waals surface area contributed by atoms with E-state index in [0.29, 0.717) is 17.9 Å². The van der Waals surface area contributed by atoms with E-state index in [-0.39, 0.29) is 23.9 Å². The number of benzene rings is 2. The topological polar surface area (TPSA) is 80.3 Å². The summed E-state index contributed by atoms with van der Waals surface area (Å²) in [6.07, 6.45) is 3.72. The standard InChI is InChI=1S/C27H31N3O3S/c1-17-8-10-20(11-9-17)26(31)29-22-6-4-5-7-23(22)30-27(32)24-16-34-25(28-24)15-33-21-13-18(2)12-19(3)14-21/h8-14,16,22-23H,4-7,15H2,1-3H3,(H,29,31)(H,30,32)/t22-,23-/m0/s1. The van der Waals surface area contributed by atoms with E-state index in [1.54, 1.807) is 5.38 Å². The van der Waals surface area contributed by atoms with Crippen molar-refractivity contribution in [1.82, 2.24) is 15.6 Å². The lowest BCUT2D eigenvalue weighted by Crippen LogP contribution is -2.53. The molecule has 1 saturated carbocycles. The van der Waals surface area contributed by atoms with Gasteiger partial charge in [0.25, 0.3) is 11.8 Å². The van der Waals surface area contributed by atoms with E-state index >= 15 is 0 Å². The molecule has 4 rings (SSSR count). The second-order valence-corrected chi connectivity index (χ2v) is 9.99. The quantitative estimate of drug-likeness (QED) is 0.495. The van der Waals surface area contributed by atoms with Crippen LogP contribution >= 0.6 is 11.3 Å². The van der Waals surface area contributed by atoms with Crippen molar-refractivity contribution in [3.8, 4) is 5.75 Å². The lowest BCUT2D eigenvalue weighted by atomic mass is 9.90. The molecule has 0 radical (unpaired) electrons. The lowest BCUT2D eigenvalue weighted by molar-refractivity contribution is 0.0860. The number of amides is 2. The van der Waals surface area contributed by atoms with Gasteiger partial charge in [0.15, 0.2) is 0 Å². The summed E-state index contributed by atoms with van der Waals surface area (Å²) in [6, 6.07) is 13.4. The maximum atomic E-state index is 12.9. The van der Waals surface area contributed by atoms with Crippen LogP contribution in [0.1, 0.15) is 68.2 Å². The predicted octanol–water partition coefficient (Wildman–Crippen LogP) is 5.12. The first-order valence-corrected chi connectivity index (χ1v) is 12.6. The summed E-state index contributed by atoms with van der Waals surface area (Å²) in [6.45, 7) is 6.38. The molecule has 0 bridgehead atoms. The minimum Gasteiger partial charge on any atom is -0.486 e. The highest BCUT2D eigenvalue weighted by Crippen LogP contribution is 2.21. The molecule has 34 heavy (non-hydrogen) atoms. The summed E-state index contributed by atoms with van der Waals surface area (Å²) in [7, 11) is 0. The van der Waals surface area contributed by atoms with Gasteiger partial charge in [0, 0.05) is 23.0 Å². The normalized spacial score (nSPS) is 17.7. The van der Waals surface area contributed by atoms with Crippen LogP contribution in [-0.2, 0) is 6.61 Å². The summed E-state index contributed by atoms with van der Waals surface area (Å²) < 4.78 is 5.88. The lowest BCUT2D eigenvalue weighted by Gasteiger charge is -2.32. The molecule has 1 aliphatic carbocycles. The van der Waals surface area contributed by atoms with Crippen LogP contribution in [0.2, 0.25) is 0 Å². The molecule has 1 fully saturated rings. The summed E-state index contributed by atoms with van der Waals surface area (Å²) in [5, 5.41) is 8.74. The molecule has 0 aliphatic heterocycles. The number of hydrogen-bond donors (Lipinski definition) is 2. The maximum Gasteiger partial charge on any atom is 0.271 e. The average molecular weight is 478 g/mol. The average Bonchev–Trinajstić information content (AvgIpc) is 3.28. The number of carbonyl (C=O) groups excluding carboxylic acids is 2. The fourth-order valence-electron chi connectivity index (χ4n) is 4.32. The largest absolute Gasteiger partial charge is 0.486 e. The second kappa shape index (κ2) is 10.8. The third kappa shape index (κ3) is 6.23. The van der Waals surface area contributed by atoms with Gasteiger partial charge in [-0.05, 0) is 69.0 Å². The molecule has 1 aromatic heterocycles. The molecule has 178 valence electrons. The molecule has 1 heterocycles. The van der Waals surface area contributed by atoms with E-state index in [2.05, 4.69) is 21.7 Å². The van der Waals surface area contributed by atoms with Gasteiger partial charge in [-0.2, -0.15) is 0 Å². The Morgan fingerprint density at radius 3 is 2.18 bits per heavy atom. The van der Waals surface area contributed by atoms with Crippen molar-refractivity contribution < 1.29 is 14.3 Å². The first-order valence-electron chi connectivity index (χ1n) is 11.7. The number of rotatable bonds is 7. The highest BCUT2D eigenvalue weighted by Gasteiger charge is 2.29. The van der Waals surface area contributed by atoms with Crippen LogP contribution in [-0.4, -0.2) is 28.9 Å². The van der Waals surface area contributed by atoms with Crippen molar-refractivity contribution in [2.75, 3.05) is 0 Å². The van der Waals surface area contributed by atoms with Gasteiger partial charge in [0.1, 0.15) is 23.1 Å². The highest BCUT2D eigenvalue weighted by atomic mass is 32.1. The van der Waals surface area contributed by atoms with Gasteiger partial charge in [-0.15, -0.1) is 11.3 Å². The van der Waals surface area contributed by atoms with E-state index in [1.807, 2.05) is 57.2 Å². The van der Waals surface area contributed by atoms with Crippen LogP contribution in [0, 0.1) is 20.8 Å². The van der Waals surface area contributed by atoms with E-state index in [9.17, 15) is 9.59 Å². The molecule has 2 N–H and O–H groups in total. The summed E-state index contributed by atoms with van der Waals surface area (Å²) in [4.78, 5) is 30.1. The number of hydrogen-bond acceptors (Lipinski definition) is 5. The zero-order valence-corrected chi connectivity index (χ0v) is 20.7. The Hall–Kier alpha value is -3.19. The smallest absolute Gasteiger partial charge is 0.271 e. The Bertz CT molecular complexity index is 1140. The molecule has 1 aliphatic rings. The Balaban J connectivity index is 1.34. The fourth-order valence-corrected chi connectivity index (χ4v) is 5.00. The molecule has 6 nitrogen and oxygen atoms in total. The Labute approximate surface area is 204 Å². The molecular weight excluding hydrogens is 446 g/mol. The number of ether oxygens (including phenoxy) is 1. The monoisotopic (exact) mass is 477 g/mol. The molecule has 0 saturated heterocycles. The van der Waals surface area contributed by atoms with E-state index < -0.39 is 0 Å². The van der Waals surface area contributed by atoms with E-state index in [0.717, 1.165) is 53.1 Å². The Morgan fingerprint density at radius 1 is 0.912 bits per heavy atom. The molecule has 2 atom stereocenters. The van der Waals surface area contributed by atoms with Crippen molar-refractivity contribution >= 4 is 23.2 Å². The van der Waals surface area contributed by atoms with E-state index in [1.165, 1.54) is 11.3 Å². The molecule has 2 amide bonds. The number of nitrogens with zero attached hydrogens (tertiary/aromatic N) is 1. The van der Waals surface area contributed by atoms with Crippen LogP contribution in [0.5, 0.6) is 5.75 Å². The van der Waals surface area contributed by atoms with Crippen LogP contribution < -0.4 is 15.4 Å². The van der Waals surface area contributed by atoms with Gasteiger partial charge in [-0.3, -0.25) is 9.59 Å². The molecule has 0 unspecified atom stereocenters. The maximum absolute atomic E-state index is 12.9. The van der Waals surface area contributed by atoms with Gasteiger partial charge in [0.05, 0.1) is 0 Å². The first kappa shape index (κ1) is 24.0. The Morgan fingerprint density at radius 2 is 1.53 bits per heavy atom. The van der Waals surface area contributed by atoms with Crippen molar-refractivity contribution in [3.63, 3.8) is 0 Å². The number of thiazole rings is 1. The van der Waals surface area contributed by atoms with Gasteiger partial charge in [-0.1, -0.05) is 36.6 Å². The van der Waals surface area contributed by atoms with Crippen molar-refractivity contribution in [2.45, 2.75) is 65.1 Å². The number of aromatic nitrogens is 1. The Kier molecular flexibility index (Phi) is 7.63. The molecule has 2 aromatic carbocycles. The van der Waals surface area contributed by atoms with Crippen LogP contribution in [0.4, 0.5) is 0 Å². The van der Waals surface area contributed by atoms with Gasteiger partial charge in [-0.25, -0.2) is 4.98 Å². The summed E-state index contributed by atoms with van der Waals surface area (Å²) in [5.41, 5.74) is 4.42. The van der Waals surface area contributed by atoms with Gasteiger partial charge >= 0.3 is 0 Å². The first-order chi connectivity index (χ1) is 16.4. The molecule has 7 heteroatoms. The second-order valence-electron chi connectivity index (χ2n) is 9.05. The number of carbonyl (C=O) groups is 2. The number of aryl methyl sites for hydroxylation is 3. The van der Waals surface area contributed by atoms with Gasteiger partial charge < -0.3 is 15.4 Å². The minimum absolute atomic E-state index is 0.0995. The van der Waals surface area contributed by atoms with Crippen LogP contribution in [0.3, 0.4) is 0 Å². The van der Waals surface area contributed by atoms with Crippen LogP contribution in [0.15, 0.2) is 47.8 Å². The van der Waals surface area contributed by atoms with E-state index in [4.69, 9.17) is 4.74 Å². The van der Waals surface area contributed by atoms with Crippen molar-refractivity contribution in [3.05, 3.63) is 80.8 Å². The molecular formula is C27H31N3O3S.